The molecule has 1 aliphatic carbocycles. The smallest absolute Gasteiger partial charge is 0.416 e. The first-order valence-electron chi connectivity index (χ1n) is 7.70. The van der Waals surface area contributed by atoms with Crippen molar-refractivity contribution in [2.75, 3.05) is 6.54 Å². The monoisotopic (exact) mass is 344 g/mol. The first-order valence-corrected chi connectivity index (χ1v) is 7.70. The second-order valence-electron chi connectivity index (χ2n) is 5.78. The third-order valence-corrected chi connectivity index (χ3v) is 3.73. The number of hydrogen-bond acceptors (Lipinski definition) is 2. The molecule has 1 aromatic rings. The highest BCUT2D eigenvalue weighted by atomic mass is 19.4. The Balaban J connectivity index is 1.91. The number of halogens is 3. The van der Waals surface area contributed by atoms with Crippen LogP contribution in [0.25, 0.3) is 0 Å². The number of benzene rings is 1. The van der Waals surface area contributed by atoms with Crippen LogP contribution < -0.4 is 5.32 Å². The fourth-order valence-corrected chi connectivity index (χ4v) is 2.29. The van der Waals surface area contributed by atoms with E-state index in [2.05, 4.69) is 5.32 Å². The van der Waals surface area contributed by atoms with Crippen LogP contribution in [0.1, 0.15) is 36.8 Å². The van der Waals surface area contributed by atoms with E-state index in [0.29, 0.717) is 12.0 Å². The summed E-state index contributed by atoms with van der Waals surface area (Å²) >= 11 is 0. The van der Waals surface area contributed by atoms with Gasteiger partial charge in [0.15, 0.2) is 0 Å². The summed E-state index contributed by atoms with van der Waals surface area (Å²) in [6.07, 6.45) is -2.34. The lowest BCUT2D eigenvalue weighted by atomic mass is 10.1. The van der Waals surface area contributed by atoms with Crippen LogP contribution >= 0.6 is 0 Å². The zero-order valence-electron chi connectivity index (χ0n) is 13.0. The predicted molar refractivity (Wildman–Crippen MR) is 80.3 cm³/mol. The van der Waals surface area contributed by atoms with Crippen LogP contribution in [0.3, 0.4) is 0 Å². The Labute approximate surface area is 137 Å². The maximum atomic E-state index is 12.6. The molecule has 0 heterocycles. The van der Waals surface area contributed by atoms with E-state index >= 15 is 0 Å². The molecule has 0 aromatic heterocycles. The molecule has 0 radical (unpaired) electrons. The molecule has 1 fully saturated rings. The predicted octanol–water partition coefficient (Wildman–Crippen LogP) is 3.24. The average Bonchev–Trinajstić information content (AvgIpc) is 3.33. The van der Waals surface area contributed by atoms with Gasteiger partial charge in [-0.05, 0) is 37.0 Å². The summed E-state index contributed by atoms with van der Waals surface area (Å²) < 4.78 is 37.7. The Morgan fingerprint density at radius 1 is 1.21 bits per heavy atom. The topological polar surface area (TPSA) is 69.6 Å². The molecular formula is C16H19F3N2O3. The van der Waals surface area contributed by atoms with Gasteiger partial charge < -0.3 is 15.3 Å². The van der Waals surface area contributed by atoms with Crippen molar-refractivity contribution in [1.29, 1.82) is 0 Å². The Kier molecular flexibility index (Phi) is 5.69. The summed E-state index contributed by atoms with van der Waals surface area (Å²) in [6, 6.07) is 4.52. The molecule has 0 atom stereocenters. The number of carboxylic acid groups (broad SMARTS) is 1. The van der Waals surface area contributed by atoms with Crippen molar-refractivity contribution in [2.45, 2.75) is 44.4 Å². The van der Waals surface area contributed by atoms with Gasteiger partial charge in [-0.15, -0.1) is 0 Å². The fourth-order valence-electron chi connectivity index (χ4n) is 2.29. The minimum atomic E-state index is -4.38. The first-order chi connectivity index (χ1) is 11.3. The van der Waals surface area contributed by atoms with Gasteiger partial charge in [0.05, 0.1) is 5.56 Å². The molecule has 0 saturated heterocycles. The Bertz CT molecular complexity index is 583. The third-order valence-electron chi connectivity index (χ3n) is 3.73. The summed E-state index contributed by atoms with van der Waals surface area (Å²) in [5.74, 6) is -0.923. The van der Waals surface area contributed by atoms with Crippen LogP contribution in [-0.4, -0.2) is 34.6 Å². The Hall–Kier alpha value is -2.25. The lowest BCUT2D eigenvalue weighted by Gasteiger charge is -2.23. The molecule has 2 rings (SSSR count). The number of nitrogens with zero attached hydrogens (tertiary/aromatic N) is 1. The largest absolute Gasteiger partial charge is 0.481 e. The van der Waals surface area contributed by atoms with Crippen molar-refractivity contribution in [3.63, 3.8) is 0 Å². The number of rotatable bonds is 7. The number of carbonyl (C=O) groups is 2. The average molecular weight is 344 g/mol. The van der Waals surface area contributed by atoms with Crippen molar-refractivity contribution in [2.24, 2.45) is 0 Å². The zero-order chi connectivity index (χ0) is 17.7. The highest BCUT2D eigenvalue weighted by molar-refractivity contribution is 5.75. The maximum Gasteiger partial charge on any atom is 0.416 e. The molecule has 24 heavy (non-hydrogen) atoms. The summed E-state index contributed by atoms with van der Waals surface area (Å²) in [7, 11) is 0. The number of carboxylic acids is 1. The number of urea groups is 1. The quantitative estimate of drug-likeness (QED) is 0.746. The summed E-state index contributed by atoms with van der Waals surface area (Å²) in [4.78, 5) is 24.2. The van der Waals surface area contributed by atoms with E-state index in [0.717, 1.165) is 25.0 Å². The minimum absolute atomic E-state index is 0.0252. The summed E-state index contributed by atoms with van der Waals surface area (Å²) in [5.41, 5.74) is -0.0991. The van der Waals surface area contributed by atoms with E-state index in [1.54, 1.807) is 4.90 Å². The molecule has 0 aliphatic heterocycles. The fraction of sp³-hybridized carbons (Fsp3) is 0.500. The van der Waals surface area contributed by atoms with Crippen LogP contribution in [0.5, 0.6) is 0 Å². The highest BCUT2D eigenvalue weighted by Gasteiger charge is 2.33. The van der Waals surface area contributed by atoms with Gasteiger partial charge in [-0.25, -0.2) is 4.79 Å². The number of carbonyl (C=O) groups excluding carboxylic acids is 1. The van der Waals surface area contributed by atoms with E-state index in [4.69, 9.17) is 5.11 Å². The molecule has 5 nitrogen and oxygen atoms in total. The number of hydrogen-bond donors (Lipinski definition) is 2. The van der Waals surface area contributed by atoms with Crippen molar-refractivity contribution < 1.29 is 27.9 Å². The number of alkyl halides is 3. The van der Waals surface area contributed by atoms with Gasteiger partial charge in [-0.1, -0.05) is 12.1 Å². The van der Waals surface area contributed by atoms with Gasteiger partial charge in [0.1, 0.15) is 0 Å². The van der Waals surface area contributed by atoms with Crippen LogP contribution in [-0.2, 0) is 17.5 Å². The van der Waals surface area contributed by atoms with Gasteiger partial charge >= 0.3 is 18.2 Å². The molecule has 8 heteroatoms. The molecule has 132 valence electrons. The lowest BCUT2D eigenvalue weighted by Crippen LogP contribution is -2.41. The Morgan fingerprint density at radius 2 is 1.83 bits per heavy atom. The SMILES string of the molecule is O=C(O)CCCNC(=O)N(Cc1ccc(C(F)(F)F)cc1)C1CC1. The molecule has 0 unspecified atom stereocenters. The summed E-state index contributed by atoms with van der Waals surface area (Å²) in [6.45, 7) is 0.481. The standard InChI is InChI=1S/C16H19F3N2O3/c17-16(18,19)12-5-3-11(4-6-12)10-21(13-7-8-13)15(24)20-9-1-2-14(22)23/h3-6,13H,1-2,7-10H2,(H,20,24)(H,22,23). The molecule has 1 aliphatic rings. The van der Waals surface area contributed by atoms with Gasteiger partial charge in [0, 0.05) is 25.6 Å². The molecule has 0 bridgehead atoms. The van der Waals surface area contributed by atoms with Crippen LogP contribution in [0.2, 0.25) is 0 Å². The van der Waals surface area contributed by atoms with E-state index < -0.39 is 17.7 Å². The van der Waals surface area contributed by atoms with E-state index in [9.17, 15) is 22.8 Å². The van der Waals surface area contributed by atoms with Gasteiger partial charge in [0.2, 0.25) is 0 Å². The Morgan fingerprint density at radius 3 is 2.33 bits per heavy atom. The second-order valence-corrected chi connectivity index (χ2v) is 5.78. The number of aliphatic carboxylic acids is 1. The molecule has 2 amide bonds. The normalized spacial score (nSPS) is 14.3. The van der Waals surface area contributed by atoms with Crippen molar-refractivity contribution in [3.05, 3.63) is 35.4 Å². The van der Waals surface area contributed by atoms with Crippen LogP contribution in [0.4, 0.5) is 18.0 Å². The minimum Gasteiger partial charge on any atom is -0.481 e. The molecule has 1 aromatic carbocycles. The van der Waals surface area contributed by atoms with E-state index in [1.165, 1.54) is 12.1 Å². The molecule has 1 saturated carbocycles. The molecular weight excluding hydrogens is 325 g/mol. The number of amides is 2. The zero-order valence-corrected chi connectivity index (χ0v) is 13.0. The maximum absolute atomic E-state index is 12.6. The molecule has 0 spiro atoms. The van der Waals surface area contributed by atoms with E-state index in [-0.39, 0.29) is 31.6 Å². The van der Waals surface area contributed by atoms with Crippen molar-refractivity contribution >= 4 is 12.0 Å². The van der Waals surface area contributed by atoms with Crippen molar-refractivity contribution in [3.8, 4) is 0 Å². The van der Waals surface area contributed by atoms with E-state index in [1.807, 2.05) is 0 Å². The summed E-state index contributed by atoms with van der Waals surface area (Å²) in [5, 5.41) is 11.2. The van der Waals surface area contributed by atoms with Gasteiger partial charge in [-0.3, -0.25) is 4.79 Å². The third kappa shape index (κ3) is 5.43. The number of nitrogens with one attached hydrogen (secondary N) is 1. The van der Waals surface area contributed by atoms with Crippen molar-refractivity contribution in [1.82, 2.24) is 10.2 Å². The van der Waals surface area contributed by atoms with Crippen LogP contribution in [0.15, 0.2) is 24.3 Å². The van der Waals surface area contributed by atoms with Crippen LogP contribution in [0, 0.1) is 0 Å². The molecule has 2 N–H and O–H groups in total. The second kappa shape index (κ2) is 7.55. The van der Waals surface area contributed by atoms with Gasteiger partial charge in [-0.2, -0.15) is 13.2 Å². The highest BCUT2D eigenvalue weighted by Crippen LogP contribution is 2.31. The lowest BCUT2D eigenvalue weighted by molar-refractivity contribution is -0.138. The first kappa shape index (κ1) is 18.1. The van der Waals surface area contributed by atoms with Gasteiger partial charge in [0.25, 0.3) is 0 Å².